The molecule has 3 nitrogen and oxygen atoms in total. The van der Waals surface area contributed by atoms with Gasteiger partial charge in [0.2, 0.25) is 5.91 Å². The van der Waals surface area contributed by atoms with Crippen molar-refractivity contribution in [3.05, 3.63) is 34.9 Å². The monoisotopic (exact) mass is 266 g/mol. The molecule has 0 aliphatic heterocycles. The average molecular weight is 267 g/mol. The Morgan fingerprint density at radius 3 is 2.50 bits per heavy atom. The van der Waals surface area contributed by atoms with Crippen LogP contribution in [0.4, 0.5) is 0 Å². The van der Waals surface area contributed by atoms with Crippen LogP contribution < -0.4 is 11.1 Å². The summed E-state index contributed by atoms with van der Waals surface area (Å²) in [7, 11) is 0. The van der Waals surface area contributed by atoms with Crippen molar-refractivity contribution in [2.75, 3.05) is 6.54 Å². The second-order valence-corrected chi connectivity index (χ2v) is 5.28. The lowest BCUT2D eigenvalue weighted by Gasteiger charge is -2.25. The maximum absolute atomic E-state index is 11.6. The van der Waals surface area contributed by atoms with Gasteiger partial charge >= 0.3 is 0 Å². The summed E-state index contributed by atoms with van der Waals surface area (Å²) in [5.41, 5.74) is 6.51. The summed E-state index contributed by atoms with van der Waals surface area (Å²) in [6.07, 6.45) is 4.82. The van der Waals surface area contributed by atoms with E-state index in [2.05, 4.69) is 5.32 Å². The molecule has 4 heteroatoms. The van der Waals surface area contributed by atoms with Crippen molar-refractivity contribution in [3.63, 3.8) is 0 Å². The molecule has 1 atom stereocenters. The fraction of sp³-hybridized carbons (Fsp3) is 0.500. The van der Waals surface area contributed by atoms with Gasteiger partial charge in [0, 0.05) is 5.02 Å². The van der Waals surface area contributed by atoms with Gasteiger partial charge in [0.1, 0.15) is 0 Å². The zero-order chi connectivity index (χ0) is 13.0. The molecule has 1 aromatic rings. The molecule has 2 rings (SSSR count). The summed E-state index contributed by atoms with van der Waals surface area (Å²) in [4.78, 5) is 11.6. The SMILES string of the molecule is NCC(=O)NC(c1ccc(Cl)cc1)C1CCCC1. The highest BCUT2D eigenvalue weighted by atomic mass is 35.5. The lowest BCUT2D eigenvalue weighted by molar-refractivity contribution is -0.120. The minimum Gasteiger partial charge on any atom is -0.348 e. The van der Waals surface area contributed by atoms with Gasteiger partial charge < -0.3 is 11.1 Å². The maximum atomic E-state index is 11.6. The van der Waals surface area contributed by atoms with E-state index in [1.165, 1.54) is 12.8 Å². The molecule has 0 bridgehead atoms. The Morgan fingerprint density at radius 1 is 1.33 bits per heavy atom. The van der Waals surface area contributed by atoms with Gasteiger partial charge in [-0.25, -0.2) is 0 Å². The van der Waals surface area contributed by atoms with E-state index in [-0.39, 0.29) is 18.5 Å². The standard InChI is InChI=1S/C14H19ClN2O/c15-12-7-5-11(6-8-12)14(17-13(18)9-16)10-3-1-2-4-10/h5-8,10,14H,1-4,9,16H2,(H,17,18). The number of rotatable bonds is 4. The van der Waals surface area contributed by atoms with Crippen molar-refractivity contribution in [3.8, 4) is 0 Å². The number of carbonyl (C=O) groups is 1. The van der Waals surface area contributed by atoms with E-state index in [0.29, 0.717) is 10.9 Å². The molecule has 0 saturated heterocycles. The molecular weight excluding hydrogens is 248 g/mol. The summed E-state index contributed by atoms with van der Waals surface area (Å²) < 4.78 is 0. The molecule has 0 spiro atoms. The number of nitrogens with one attached hydrogen (secondary N) is 1. The first-order valence-corrected chi connectivity index (χ1v) is 6.83. The van der Waals surface area contributed by atoms with Crippen LogP contribution in [0.1, 0.15) is 37.3 Å². The number of amides is 1. The first kappa shape index (κ1) is 13.4. The fourth-order valence-corrected chi connectivity index (χ4v) is 2.79. The summed E-state index contributed by atoms with van der Waals surface area (Å²) >= 11 is 5.90. The summed E-state index contributed by atoms with van der Waals surface area (Å²) in [6.45, 7) is 0.0385. The lowest BCUT2D eigenvalue weighted by atomic mass is 9.91. The first-order valence-electron chi connectivity index (χ1n) is 6.45. The Balaban J connectivity index is 2.17. The zero-order valence-corrected chi connectivity index (χ0v) is 11.1. The minimum absolute atomic E-state index is 0.0385. The highest BCUT2D eigenvalue weighted by Crippen LogP contribution is 2.35. The number of hydrogen-bond acceptors (Lipinski definition) is 2. The van der Waals surface area contributed by atoms with Crippen LogP contribution in [0.15, 0.2) is 24.3 Å². The Hall–Kier alpha value is -1.06. The molecule has 3 N–H and O–H groups in total. The van der Waals surface area contributed by atoms with Gasteiger partial charge in [-0.05, 0) is 36.5 Å². The Kier molecular flexibility index (Phi) is 4.61. The third-order valence-corrected chi connectivity index (χ3v) is 3.85. The number of hydrogen-bond donors (Lipinski definition) is 2. The summed E-state index contributed by atoms with van der Waals surface area (Å²) in [5, 5.41) is 3.75. The Bertz CT molecular complexity index is 399. The van der Waals surface area contributed by atoms with E-state index in [4.69, 9.17) is 17.3 Å². The maximum Gasteiger partial charge on any atom is 0.234 e. The number of benzene rings is 1. The number of nitrogens with two attached hydrogens (primary N) is 1. The third kappa shape index (κ3) is 3.24. The molecule has 1 aliphatic carbocycles. The summed E-state index contributed by atoms with van der Waals surface area (Å²) in [5.74, 6) is 0.420. The van der Waals surface area contributed by atoms with Crippen LogP contribution in [-0.4, -0.2) is 12.5 Å². The van der Waals surface area contributed by atoms with Crippen molar-refractivity contribution in [1.82, 2.24) is 5.32 Å². The van der Waals surface area contributed by atoms with Crippen LogP contribution in [0, 0.1) is 5.92 Å². The van der Waals surface area contributed by atoms with Gasteiger partial charge in [-0.2, -0.15) is 0 Å². The Morgan fingerprint density at radius 2 is 1.94 bits per heavy atom. The molecule has 1 amide bonds. The van der Waals surface area contributed by atoms with Gasteiger partial charge in [0.15, 0.2) is 0 Å². The first-order chi connectivity index (χ1) is 8.70. The van der Waals surface area contributed by atoms with E-state index in [9.17, 15) is 4.79 Å². The highest BCUT2D eigenvalue weighted by Gasteiger charge is 2.27. The molecule has 0 heterocycles. The number of halogens is 1. The molecule has 0 radical (unpaired) electrons. The van der Waals surface area contributed by atoms with Gasteiger partial charge in [-0.15, -0.1) is 0 Å². The molecule has 98 valence electrons. The molecule has 0 aromatic heterocycles. The third-order valence-electron chi connectivity index (χ3n) is 3.60. The van der Waals surface area contributed by atoms with Crippen molar-refractivity contribution in [1.29, 1.82) is 0 Å². The molecule has 1 aliphatic rings. The smallest absolute Gasteiger partial charge is 0.234 e. The lowest BCUT2D eigenvalue weighted by Crippen LogP contribution is -2.36. The molecule has 1 aromatic carbocycles. The average Bonchev–Trinajstić information content (AvgIpc) is 2.90. The van der Waals surface area contributed by atoms with Crippen LogP contribution in [0.3, 0.4) is 0 Å². The molecule has 1 unspecified atom stereocenters. The fourth-order valence-electron chi connectivity index (χ4n) is 2.67. The van der Waals surface area contributed by atoms with E-state index < -0.39 is 0 Å². The van der Waals surface area contributed by atoms with Crippen LogP contribution in [0.25, 0.3) is 0 Å². The Labute approximate surface area is 113 Å². The molecule has 1 saturated carbocycles. The van der Waals surface area contributed by atoms with E-state index in [1.807, 2.05) is 24.3 Å². The topological polar surface area (TPSA) is 55.1 Å². The number of carbonyl (C=O) groups excluding carboxylic acids is 1. The van der Waals surface area contributed by atoms with E-state index in [0.717, 1.165) is 18.4 Å². The van der Waals surface area contributed by atoms with Crippen LogP contribution >= 0.6 is 11.6 Å². The largest absolute Gasteiger partial charge is 0.348 e. The molecule has 18 heavy (non-hydrogen) atoms. The highest BCUT2D eigenvalue weighted by molar-refractivity contribution is 6.30. The minimum atomic E-state index is -0.0955. The van der Waals surface area contributed by atoms with Gasteiger partial charge in [0.25, 0.3) is 0 Å². The van der Waals surface area contributed by atoms with Gasteiger partial charge in [-0.1, -0.05) is 36.6 Å². The summed E-state index contributed by atoms with van der Waals surface area (Å²) in [6, 6.07) is 7.78. The van der Waals surface area contributed by atoms with Crippen LogP contribution in [0.5, 0.6) is 0 Å². The molecule has 1 fully saturated rings. The zero-order valence-electron chi connectivity index (χ0n) is 10.4. The van der Waals surface area contributed by atoms with Crippen LogP contribution in [-0.2, 0) is 4.79 Å². The van der Waals surface area contributed by atoms with E-state index >= 15 is 0 Å². The van der Waals surface area contributed by atoms with Crippen molar-refractivity contribution >= 4 is 17.5 Å². The predicted molar refractivity (Wildman–Crippen MR) is 73.3 cm³/mol. The van der Waals surface area contributed by atoms with Gasteiger partial charge in [0.05, 0.1) is 12.6 Å². The predicted octanol–water partition coefficient (Wildman–Crippen LogP) is 2.65. The normalized spacial score (nSPS) is 17.7. The van der Waals surface area contributed by atoms with Crippen LogP contribution in [0.2, 0.25) is 5.02 Å². The van der Waals surface area contributed by atoms with Gasteiger partial charge in [-0.3, -0.25) is 4.79 Å². The van der Waals surface area contributed by atoms with Crippen molar-refractivity contribution in [2.45, 2.75) is 31.7 Å². The second kappa shape index (κ2) is 6.21. The molecular formula is C14H19ClN2O. The van der Waals surface area contributed by atoms with E-state index in [1.54, 1.807) is 0 Å². The quantitative estimate of drug-likeness (QED) is 0.880. The van der Waals surface area contributed by atoms with Crippen molar-refractivity contribution in [2.24, 2.45) is 11.7 Å². The second-order valence-electron chi connectivity index (χ2n) is 4.85. The van der Waals surface area contributed by atoms with Crippen molar-refractivity contribution < 1.29 is 4.79 Å².